The number of rotatable bonds is 6. The van der Waals surface area contributed by atoms with E-state index in [9.17, 15) is 4.79 Å². The van der Waals surface area contributed by atoms with Crippen molar-refractivity contribution >= 4 is 11.6 Å². The average Bonchev–Trinajstić information content (AvgIpc) is 3.18. The predicted octanol–water partition coefficient (Wildman–Crippen LogP) is 4.83. The number of nitrogens with zero attached hydrogens (tertiary/aromatic N) is 3. The standard InChI is InChI=1S/C27H30N4O/c1-17-7-10-22(11-8-17)12-13-28-27(32)25-16-29-31-21(5)24(20(4)30-26(25)31)15-23-14-18(2)6-9-19(23)3/h6-11,14,16H,12-13,15H2,1-5H3,(H,28,32). The molecule has 2 aromatic heterocycles. The van der Waals surface area contributed by atoms with Crippen LogP contribution in [0.2, 0.25) is 0 Å². The highest BCUT2D eigenvalue weighted by Gasteiger charge is 2.18. The van der Waals surface area contributed by atoms with Crippen LogP contribution in [0.3, 0.4) is 0 Å². The summed E-state index contributed by atoms with van der Waals surface area (Å²) in [6.45, 7) is 11.0. The lowest BCUT2D eigenvalue weighted by Crippen LogP contribution is -2.25. The molecule has 0 bridgehead atoms. The largest absolute Gasteiger partial charge is 0.352 e. The van der Waals surface area contributed by atoms with E-state index < -0.39 is 0 Å². The molecule has 0 atom stereocenters. The van der Waals surface area contributed by atoms with E-state index in [0.29, 0.717) is 17.8 Å². The molecular weight excluding hydrogens is 396 g/mol. The van der Waals surface area contributed by atoms with E-state index in [2.05, 4.69) is 73.7 Å². The summed E-state index contributed by atoms with van der Waals surface area (Å²) < 4.78 is 1.79. The van der Waals surface area contributed by atoms with Crippen molar-refractivity contribution in [2.24, 2.45) is 0 Å². The fourth-order valence-corrected chi connectivity index (χ4v) is 4.08. The van der Waals surface area contributed by atoms with Crippen LogP contribution in [0.5, 0.6) is 0 Å². The topological polar surface area (TPSA) is 59.3 Å². The van der Waals surface area contributed by atoms with Crippen molar-refractivity contribution in [3.63, 3.8) is 0 Å². The van der Waals surface area contributed by atoms with E-state index in [1.54, 1.807) is 10.7 Å². The third-order valence-corrected chi connectivity index (χ3v) is 6.14. The fraction of sp³-hybridized carbons (Fsp3) is 0.296. The number of hydrogen-bond donors (Lipinski definition) is 1. The molecule has 0 saturated carbocycles. The van der Waals surface area contributed by atoms with Gasteiger partial charge < -0.3 is 5.32 Å². The van der Waals surface area contributed by atoms with Crippen molar-refractivity contribution in [2.45, 2.75) is 47.5 Å². The van der Waals surface area contributed by atoms with Crippen LogP contribution in [-0.2, 0) is 12.8 Å². The fourth-order valence-electron chi connectivity index (χ4n) is 4.08. The molecule has 0 spiro atoms. The Kier molecular flexibility index (Phi) is 6.08. The van der Waals surface area contributed by atoms with Gasteiger partial charge in [-0.2, -0.15) is 5.10 Å². The Bertz CT molecular complexity index is 1290. The van der Waals surface area contributed by atoms with Crippen LogP contribution in [0.25, 0.3) is 5.65 Å². The molecule has 0 radical (unpaired) electrons. The summed E-state index contributed by atoms with van der Waals surface area (Å²) in [5, 5.41) is 7.51. The van der Waals surface area contributed by atoms with Gasteiger partial charge in [-0.05, 0) is 63.3 Å². The van der Waals surface area contributed by atoms with Crippen molar-refractivity contribution in [1.29, 1.82) is 0 Å². The monoisotopic (exact) mass is 426 g/mol. The molecule has 2 aromatic carbocycles. The van der Waals surface area contributed by atoms with E-state index in [-0.39, 0.29) is 5.91 Å². The maximum atomic E-state index is 12.8. The minimum atomic E-state index is -0.138. The number of hydrogen-bond acceptors (Lipinski definition) is 3. The number of carbonyl (C=O) groups is 1. The molecule has 0 aliphatic rings. The second-order valence-electron chi connectivity index (χ2n) is 8.65. The lowest BCUT2D eigenvalue weighted by Gasteiger charge is -2.14. The zero-order valence-electron chi connectivity index (χ0n) is 19.5. The molecule has 164 valence electrons. The molecule has 1 amide bonds. The maximum Gasteiger partial charge on any atom is 0.256 e. The highest BCUT2D eigenvalue weighted by Crippen LogP contribution is 2.22. The number of benzene rings is 2. The maximum absolute atomic E-state index is 12.8. The molecule has 0 aliphatic carbocycles. The Hall–Kier alpha value is -3.47. The highest BCUT2D eigenvalue weighted by molar-refractivity contribution is 5.99. The summed E-state index contributed by atoms with van der Waals surface area (Å²) in [6, 6.07) is 14.9. The van der Waals surface area contributed by atoms with E-state index in [1.807, 2.05) is 13.8 Å². The van der Waals surface area contributed by atoms with Crippen molar-refractivity contribution in [2.75, 3.05) is 6.54 Å². The first-order chi connectivity index (χ1) is 15.3. The van der Waals surface area contributed by atoms with Gasteiger partial charge in [-0.1, -0.05) is 53.6 Å². The quantitative estimate of drug-likeness (QED) is 0.480. The molecule has 0 saturated heterocycles. The number of carbonyl (C=O) groups excluding carboxylic acids is 1. The Morgan fingerprint density at radius 1 is 0.969 bits per heavy atom. The van der Waals surface area contributed by atoms with Crippen LogP contribution in [0.15, 0.2) is 48.7 Å². The van der Waals surface area contributed by atoms with E-state index in [0.717, 1.165) is 29.8 Å². The average molecular weight is 427 g/mol. The zero-order chi connectivity index (χ0) is 22.8. The van der Waals surface area contributed by atoms with Crippen molar-refractivity contribution < 1.29 is 4.79 Å². The molecule has 5 nitrogen and oxygen atoms in total. The molecule has 4 aromatic rings. The first-order valence-electron chi connectivity index (χ1n) is 11.1. The Balaban J connectivity index is 1.55. The molecule has 1 N–H and O–H groups in total. The van der Waals surface area contributed by atoms with Crippen LogP contribution in [-0.4, -0.2) is 27.0 Å². The van der Waals surface area contributed by atoms with Gasteiger partial charge in [-0.3, -0.25) is 4.79 Å². The van der Waals surface area contributed by atoms with Crippen LogP contribution in [0, 0.1) is 34.6 Å². The zero-order valence-corrected chi connectivity index (χ0v) is 19.5. The van der Waals surface area contributed by atoms with Gasteiger partial charge in [-0.25, -0.2) is 9.50 Å². The lowest BCUT2D eigenvalue weighted by atomic mass is 9.97. The van der Waals surface area contributed by atoms with Gasteiger partial charge in [0.25, 0.3) is 5.91 Å². The third-order valence-electron chi connectivity index (χ3n) is 6.14. The van der Waals surface area contributed by atoms with Crippen LogP contribution < -0.4 is 5.32 Å². The van der Waals surface area contributed by atoms with Gasteiger partial charge in [0, 0.05) is 24.4 Å². The van der Waals surface area contributed by atoms with E-state index in [1.165, 1.54) is 27.8 Å². The number of aromatic nitrogens is 3. The SMILES string of the molecule is Cc1ccc(CCNC(=O)c2cnn3c(C)c(Cc4cc(C)ccc4C)c(C)nc23)cc1. The number of nitrogens with one attached hydrogen (secondary N) is 1. The molecule has 0 fully saturated rings. The predicted molar refractivity (Wildman–Crippen MR) is 128 cm³/mol. The molecule has 4 rings (SSSR count). The minimum absolute atomic E-state index is 0.138. The van der Waals surface area contributed by atoms with Crippen molar-refractivity contribution in [3.05, 3.63) is 99.0 Å². The Labute approximate surface area is 189 Å². The molecule has 32 heavy (non-hydrogen) atoms. The van der Waals surface area contributed by atoms with Gasteiger partial charge in [0.1, 0.15) is 5.56 Å². The van der Waals surface area contributed by atoms with Crippen LogP contribution in [0.1, 0.15) is 55.1 Å². The Morgan fingerprint density at radius 2 is 1.69 bits per heavy atom. The normalized spacial score (nSPS) is 11.2. The third kappa shape index (κ3) is 4.42. The molecule has 0 aliphatic heterocycles. The summed E-state index contributed by atoms with van der Waals surface area (Å²) in [4.78, 5) is 17.6. The molecule has 5 heteroatoms. The summed E-state index contributed by atoms with van der Waals surface area (Å²) in [6.07, 6.45) is 3.21. The summed E-state index contributed by atoms with van der Waals surface area (Å²) in [5.74, 6) is -0.138. The summed E-state index contributed by atoms with van der Waals surface area (Å²) in [5.41, 5.74) is 10.5. The van der Waals surface area contributed by atoms with Gasteiger partial charge in [-0.15, -0.1) is 0 Å². The second kappa shape index (κ2) is 8.95. The first kappa shape index (κ1) is 21.8. The Morgan fingerprint density at radius 3 is 2.44 bits per heavy atom. The summed E-state index contributed by atoms with van der Waals surface area (Å²) in [7, 11) is 0. The lowest BCUT2D eigenvalue weighted by molar-refractivity contribution is 0.0955. The van der Waals surface area contributed by atoms with Crippen molar-refractivity contribution in [3.8, 4) is 0 Å². The van der Waals surface area contributed by atoms with E-state index >= 15 is 0 Å². The van der Waals surface area contributed by atoms with Crippen LogP contribution >= 0.6 is 0 Å². The van der Waals surface area contributed by atoms with Gasteiger partial charge in [0.05, 0.1) is 6.20 Å². The summed E-state index contributed by atoms with van der Waals surface area (Å²) >= 11 is 0. The first-order valence-corrected chi connectivity index (χ1v) is 11.1. The smallest absolute Gasteiger partial charge is 0.256 e. The molecule has 0 unspecified atom stereocenters. The van der Waals surface area contributed by atoms with Gasteiger partial charge in [0.15, 0.2) is 5.65 Å². The number of aryl methyl sites for hydroxylation is 5. The number of fused-ring (bicyclic) bond motifs is 1. The van der Waals surface area contributed by atoms with Gasteiger partial charge in [0.2, 0.25) is 0 Å². The van der Waals surface area contributed by atoms with Gasteiger partial charge >= 0.3 is 0 Å². The van der Waals surface area contributed by atoms with E-state index in [4.69, 9.17) is 4.98 Å². The molecular formula is C27H30N4O. The highest BCUT2D eigenvalue weighted by atomic mass is 16.1. The van der Waals surface area contributed by atoms with Crippen LogP contribution in [0.4, 0.5) is 0 Å². The molecule has 2 heterocycles. The minimum Gasteiger partial charge on any atom is -0.352 e. The number of amides is 1. The van der Waals surface area contributed by atoms with Crippen molar-refractivity contribution in [1.82, 2.24) is 19.9 Å². The second-order valence-corrected chi connectivity index (χ2v) is 8.65.